The van der Waals surface area contributed by atoms with Crippen LogP contribution in [0, 0.1) is 12.7 Å². The maximum absolute atomic E-state index is 13.8. The summed E-state index contributed by atoms with van der Waals surface area (Å²) >= 11 is 0. The van der Waals surface area contributed by atoms with E-state index in [1.165, 1.54) is 11.6 Å². The molecule has 1 aliphatic rings. The van der Waals surface area contributed by atoms with E-state index < -0.39 is 0 Å². The Labute approximate surface area is 118 Å². The second kappa shape index (κ2) is 5.59. The van der Waals surface area contributed by atoms with Crippen LogP contribution >= 0.6 is 0 Å². The van der Waals surface area contributed by atoms with Gasteiger partial charge >= 0.3 is 0 Å². The van der Waals surface area contributed by atoms with Crippen molar-refractivity contribution in [3.63, 3.8) is 0 Å². The van der Waals surface area contributed by atoms with Gasteiger partial charge in [-0.25, -0.2) is 4.39 Å². The highest BCUT2D eigenvalue weighted by Gasteiger charge is 2.16. The lowest BCUT2D eigenvalue weighted by molar-refractivity contribution is 0.293. The Kier molecular flexibility index (Phi) is 3.65. The fourth-order valence-electron chi connectivity index (χ4n) is 2.60. The SMILES string of the molecule is Cc1[nH]ncc1CN1CC=C(c2ccccc2F)CC1. The number of hydrogen-bond acceptors (Lipinski definition) is 2. The van der Waals surface area contributed by atoms with Crippen LogP contribution in [-0.4, -0.2) is 28.2 Å². The van der Waals surface area contributed by atoms with Gasteiger partial charge < -0.3 is 0 Å². The van der Waals surface area contributed by atoms with Crippen LogP contribution in [0.25, 0.3) is 5.57 Å². The lowest BCUT2D eigenvalue weighted by Crippen LogP contribution is -2.28. The molecule has 0 fully saturated rings. The van der Waals surface area contributed by atoms with Crippen LogP contribution in [0.1, 0.15) is 23.2 Å². The quantitative estimate of drug-likeness (QED) is 0.930. The highest BCUT2D eigenvalue weighted by atomic mass is 19.1. The Morgan fingerprint density at radius 2 is 2.20 bits per heavy atom. The zero-order valence-electron chi connectivity index (χ0n) is 11.6. The first-order valence-electron chi connectivity index (χ1n) is 6.89. The molecule has 1 aromatic carbocycles. The predicted molar refractivity (Wildman–Crippen MR) is 77.6 cm³/mol. The van der Waals surface area contributed by atoms with E-state index in [9.17, 15) is 4.39 Å². The van der Waals surface area contributed by atoms with Crippen LogP contribution in [-0.2, 0) is 6.54 Å². The molecule has 0 unspecified atom stereocenters. The molecule has 3 nitrogen and oxygen atoms in total. The van der Waals surface area contributed by atoms with Crippen molar-refractivity contribution in [2.24, 2.45) is 0 Å². The van der Waals surface area contributed by atoms with Crippen LogP contribution in [0.5, 0.6) is 0 Å². The molecule has 0 bridgehead atoms. The van der Waals surface area contributed by atoms with Crippen LogP contribution in [0.4, 0.5) is 4.39 Å². The van der Waals surface area contributed by atoms with E-state index in [1.807, 2.05) is 25.3 Å². The summed E-state index contributed by atoms with van der Waals surface area (Å²) in [5.41, 5.74) is 4.21. The fourth-order valence-corrected chi connectivity index (χ4v) is 2.60. The number of aryl methyl sites for hydroxylation is 1. The minimum Gasteiger partial charge on any atom is -0.295 e. The first-order chi connectivity index (χ1) is 9.74. The summed E-state index contributed by atoms with van der Waals surface area (Å²) < 4.78 is 13.8. The van der Waals surface area contributed by atoms with Gasteiger partial charge in [-0.15, -0.1) is 0 Å². The third-order valence-electron chi connectivity index (χ3n) is 3.84. The average Bonchev–Trinajstić information content (AvgIpc) is 2.86. The van der Waals surface area contributed by atoms with E-state index in [4.69, 9.17) is 0 Å². The third kappa shape index (κ3) is 2.65. The van der Waals surface area contributed by atoms with Crippen molar-refractivity contribution < 1.29 is 4.39 Å². The summed E-state index contributed by atoms with van der Waals surface area (Å²) in [4.78, 5) is 2.35. The largest absolute Gasteiger partial charge is 0.295 e. The first-order valence-corrected chi connectivity index (χ1v) is 6.89. The number of aromatic amines is 1. The normalized spacial score (nSPS) is 16.2. The first kappa shape index (κ1) is 13.1. The Balaban J connectivity index is 1.69. The molecule has 1 aromatic heterocycles. The number of aromatic nitrogens is 2. The van der Waals surface area contributed by atoms with Gasteiger partial charge in [-0.2, -0.15) is 5.10 Å². The molecule has 20 heavy (non-hydrogen) atoms. The molecular weight excluding hydrogens is 253 g/mol. The molecule has 3 rings (SSSR count). The Morgan fingerprint density at radius 3 is 2.85 bits per heavy atom. The second-order valence-electron chi connectivity index (χ2n) is 5.21. The summed E-state index contributed by atoms with van der Waals surface area (Å²) in [5, 5.41) is 7.00. The van der Waals surface area contributed by atoms with Gasteiger partial charge in [0.25, 0.3) is 0 Å². The number of benzene rings is 1. The topological polar surface area (TPSA) is 31.9 Å². The van der Waals surface area contributed by atoms with Gasteiger partial charge in [-0.05, 0) is 25.0 Å². The van der Waals surface area contributed by atoms with Crippen molar-refractivity contribution in [1.29, 1.82) is 0 Å². The molecule has 1 aliphatic heterocycles. The van der Waals surface area contributed by atoms with Gasteiger partial charge in [0.05, 0.1) is 6.20 Å². The number of halogens is 1. The van der Waals surface area contributed by atoms with Crippen LogP contribution in [0.15, 0.2) is 36.5 Å². The number of H-pyrrole nitrogens is 1. The smallest absolute Gasteiger partial charge is 0.130 e. The summed E-state index contributed by atoms with van der Waals surface area (Å²) in [6, 6.07) is 7.01. The molecule has 0 radical (unpaired) electrons. The van der Waals surface area contributed by atoms with Crippen LogP contribution in [0.2, 0.25) is 0 Å². The molecule has 2 heterocycles. The van der Waals surface area contributed by atoms with Crippen molar-refractivity contribution >= 4 is 5.57 Å². The standard InChI is InChI=1S/C16H18FN3/c1-12-14(10-18-19-12)11-20-8-6-13(7-9-20)15-4-2-3-5-16(15)17/h2-6,10H,7-9,11H2,1H3,(H,18,19). The zero-order chi connectivity index (χ0) is 13.9. The number of nitrogens with one attached hydrogen (secondary N) is 1. The second-order valence-corrected chi connectivity index (χ2v) is 5.21. The average molecular weight is 271 g/mol. The van der Waals surface area contributed by atoms with Gasteiger partial charge in [0.1, 0.15) is 5.82 Å². The van der Waals surface area contributed by atoms with Crippen molar-refractivity contribution in [2.45, 2.75) is 19.9 Å². The molecular formula is C16H18FN3. The zero-order valence-corrected chi connectivity index (χ0v) is 11.6. The Hall–Kier alpha value is -1.94. The maximum Gasteiger partial charge on any atom is 0.130 e. The third-order valence-corrected chi connectivity index (χ3v) is 3.84. The van der Waals surface area contributed by atoms with Crippen LogP contribution in [0.3, 0.4) is 0 Å². The Morgan fingerprint density at radius 1 is 1.35 bits per heavy atom. The monoisotopic (exact) mass is 271 g/mol. The molecule has 0 amide bonds. The number of hydrogen-bond donors (Lipinski definition) is 1. The lowest BCUT2D eigenvalue weighted by atomic mass is 9.99. The van der Waals surface area contributed by atoms with Crippen molar-refractivity contribution in [3.05, 3.63) is 59.2 Å². The predicted octanol–water partition coefficient (Wildman–Crippen LogP) is 3.15. The van der Waals surface area contributed by atoms with E-state index in [0.717, 1.165) is 42.9 Å². The Bertz CT molecular complexity index is 630. The fraction of sp³-hybridized carbons (Fsp3) is 0.312. The molecule has 2 aromatic rings. The molecule has 0 aliphatic carbocycles. The molecule has 4 heteroatoms. The van der Waals surface area contributed by atoms with Gasteiger partial charge in [-0.3, -0.25) is 10.00 Å². The maximum atomic E-state index is 13.8. The molecule has 1 N–H and O–H groups in total. The summed E-state index contributed by atoms with van der Waals surface area (Å²) in [5.74, 6) is -0.127. The molecule has 0 saturated heterocycles. The van der Waals surface area contributed by atoms with E-state index in [1.54, 1.807) is 6.07 Å². The number of rotatable bonds is 3. The van der Waals surface area contributed by atoms with E-state index in [0.29, 0.717) is 0 Å². The van der Waals surface area contributed by atoms with Crippen molar-refractivity contribution in [1.82, 2.24) is 15.1 Å². The van der Waals surface area contributed by atoms with E-state index >= 15 is 0 Å². The summed E-state index contributed by atoms with van der Waals surface area (Å²) in [6.45, 7) is 4.73. The summed E-state index contributed by atoms with van der Waals surface area (Å²) in [7, 11) is 0. The highest BCUT2D eigenvalue weighted by Crippen LogP contribution is 2.25. The van der Waals surface area contributed by atoms with Crippen molar-refractivity contribution in [2.75, 3.05) is 13.1 Å². The van der Waals surface area contributed by atoms with E-state index in [2.05, 4.69) is 21.2 Å². The van der Waals surface area contributed by atoms with Gasteiger partial charge in [0.2, 0.25) is 0 Å². The lowest BCUT2D eigenvalue weighted by Gasteiger charge is -2.26. The van der Waals surface area contributed by atoms with Crippen molar-refractivity contribution in [3.8, 4) is 0 Å². The highest BCUT2D eigenvalue weighted by molar-refractivity contribution is 5.67. The minimum atomic E-state index is -0.127. The molecule has 0 saturated carbocycles. The number of nitrogens with zero attached hydrogens (tertiary/aromatic N) is 2. The van der Waals surface area contributed by atoms with E-state index in [-0.39, 0.29) is 5.82 Å². The van der Waals surface area contributed by atoms with Gasteiger partial charge in [0.15, 0.2) is 0 Å². The molecule has 104 valence electrons. The minimum absolute atomic E-state index is 0.127. The molecule has 0 atom stereocenters. The van der Waals surface area contributed by atoms with Gasteiger partial charge in [-0.1, -0.05) is 24.3 Å². The van der Waals surface area contributed by atoms with Crippen LogP contribution < -0.4 is 0 Å². The van der Waals surface area contributed by atoms with Gasteiger partial charge in [0, 0.05) is 36.5 Å². The molecule has 0 spiro atoms. The summed E-state index contributed by atoms with van der Waals surface area (Å²) in [6.07, 6.45) is 4.90.